The fourth-order valence-electron chi connectivity index (χ4n) is 1.33. The van der Waals surface area contributed by atoms with Crippen molar-refractivity contribution in [2.24, 2.45) is 0 Å². The zero-order chi connectivity index (χ0) is 10.1. The van der Waals surface area contributed by atoms with Crippen LogP contribution in [-0.4, -0.2) is 9.91 Å². The lowest BCUT2D eigenvalue weighted by Crippen LogP contribution is -1.88. The van der Waals surface area contributed by atoms with Gasteiger partial charge in [-0.05, 0) is 24.6 Å². The van der Waals surface area contributed by atoms with Crippen LogP contribution in [0.4, 0.5) is 5.69 Å². The second kappa shape index (κ2) is 3.06. The van der Waals surface area contributed by atoms with Crippen LogP contribution in [-0.2, 0) is 0 Å². The molecule has 0 N–H and O–H groups in total. The summed E-state index contributed by atoms with van der Waals surface area (Å²) < 4.78 is 0. The number of hydrogen-bond acceptors (Lipinski definition) is 3. The Kier molecular flexibility index (Phi) is 1.89. The first-order valence-corrected chi connectivity index (χ1v) is 4.17. The van der Waals surface area contributed by atoms with Crippen molar-refractivity contribution in [3.8, 4) is 0 Å². The van der Waals surface area contributed by atoms with E-state index in [0.29, 0.717) is 5.52 Å². The highest BCUT2D eigenvalue weighted by atomic mass is 16.6. The lowest BCUT2D eigenvalue weighted by molar-refractivity contribution is -0.384. The molecule has 1 heterocycles. The van der Waals surface area contributed by atoms with E-state index in [1.807, 2.05) is 13.0 Å². The summed E-state index contributed by atoms with van der Waals surface area (Å²) >= 11 is 0. The van der Waals surface area contributed by atoms with E-state index in [2.05, 4.69) is 4.98 Å². The number of rotatable bonds is 1. The van der Waals surface area contributed by atoms with Crippen LogP contribution in [0.15, 0.2) is 30.5 Å². The van der Waals surface area contributed by atoms with E-state index in [1.54, 1.807) is 12.3 Å². The van der Waals surface area contributed by atoms with E-state index in [9.17, 15) is 10.1 Å². The molecule has 0 aliphatic carbocycles. The molecule has 0 unspecified atom stereocenters. The van der Waals surface area contributed by atoms with Crippen LogP contribution in [0.25, 0.3) is 10.9 Å². The van der Waals surface area contributed by atoms with Gasteiger partial charge in [0, 0.05) is 23.7 Å². The molecule has 0 saturated heterocycles. The summed E-state index contributed by atoms with van der Waals surface area (Å²) in [5, 5.41) is 11.4. The number of non-ortho nitro benzene ring substituents is 1. The fourth-order valence-corrected chi connectivity index (χ4v) is 1.33. The first-order chi connectivity index (χ1) is 6.66. The van der Waals surface area contributed by atoms with Crippen molar-refractivity contribution >= 4 is 16.6 Å². The quantitative estimate of drug-likeness (QED) is 0.510. The lowest BCUT2D eigenvalue weighted by atomic mass is 10.1. The molecule has 4 nitrogen and oxygen atoms in total. The van der Waals surface area contributed by atoms with Gasteiger partial charge >= 0.3 is 0 Å². The molecule has 0 fully saturated rings. The predicted octanol–water partition coefficient (Wildman–Crippen LogP) is 2.45. The topological polar surface area (TPSA) is 56.0 Å². The van der Waals surface area contributed by atoms with Crippen LogP contribution in [0.5, 0.6) is 0 Å². The Hall–Kier alpha value is -1.97. The van der Waals surface area contributed by atoms with Gasteiger partial charge in [-0.15, -0.1) is 0 Å². The molecule has 0 radical (unpaired) electrons. The third-order valence-corrected chi connectivity index (χ3v) is 2.02. The van der Waals surface area contributed by atoms with Crippen molar-refractivity contribution in [1.29, 1.82) is 0 Å². The highest BCUT2D eigenvalue weighted by Crippen LogP contribution is 2.19. The monoisotopic (exact) mass is 188 g/mol. The summed E-state index contributed by atoms with van der Waals surface area (Å²) in [5.41, 5.74) is 1.78. The van der Waals surface area contributed by atoms with Gasteiger partial charge in [0.2, 0.25) is 0 Å². The highest BCUT2D eigenvalue weighted by molar-refractivity contribution is 5.81. The van der Waals surface area contributed by atoms with Gasteiger partial charge in [-0.2, -0.15) is 0 Å². The average molecular weight is 188 g/mol. The van der Waals surface area contributed by atoms with Crippen molar-refractivity contribution in [3.05, 3.63) is 46.1 Å². The molecule has 1 aromatic heterocycles. The van der Waals surface area contributed by atoms with Gasteiger partial charge in [0.15, 0.2) is 0 Å². The maximum atomic E-state index is 10.5. The summed E-state index contributed by atoms with van der Waals surface area (Å²) in [6.45, 7) is 1.94. The molecule has 0 amide bonds. The molecule has 70 valence electrons. The van der Waals surface area contributed by atoms with Gasteiger partial charge in [-0.25, -0.2) is 0 Å². The number of fused-ring (bicyclic) bond motifs is 1. The molecule has 0 aliphatic heterocycles. The number of hydrogen-bond donors (Lipinski definition) is 0. The van der Waals surface area contributed by atoms with Crippen LogP contribution in [0, 0.1) is 17.0 Å². The highest BCUT2D eigenvalue weighted by Gasteiger charge is 2.06. The maximum Gasteiger partial charge on any atom is 0.271 e. The summed E-state index contributed by atoms with van der Waals surface area (Å²) in [6, 6.07) is 6.64. The molecular formula is C10H8N2O2. The number of nitro benzene ring substituents is 1. The van der Waals surface area contributed by atoms with Crippen molar-refractivity contribution in [1.82, 2.24) is 4.98 Å². The third-order valence-electron chi connectivity index (χ3n) is 2.02. The Morgan fingerprint density at radius 3 is 2.86 bits per heavy atom. The Bertz CT molecular complexity index is 508. The Labute approximate surface area is 80.4 Å². The zero-order valence-corrected chi connectivity index (χ0v) is 7.60. The minimum Gasteiger partial charge on any atom is -0.258 e. The zero-order valence-electron chi connectivity index (χ0n) is 7.60. The van der Waals surface area contributed by atoms with Crippen LogP contribution < -0.4 is 0 Å². The number of aryl methyl sites for hydroxylation is 1. The molecule has 2 aromatic rings. The predicted molar refractivity (Wildman–Crippen MR) is 53.1 cm³/mol. The minimum absolute atomic E-state index is 0.0776. The van der Waals surface area contributed by atoms with Gasteiger partial charge in [-0.3, -0.25) is 15.1 Å². The molecule has 0 aliphatic rings. The van der Waals surface area contributed by atoms with E-state index in [4.69, 9.17) is 0 Å². The van der Waals surface area contributed by atoms with Crippen LogP contribution in [0.3, 0.4) is 0 Å². The van der Waals surface area contributed by atoms with E-state index < -0.39 is 4.92 Å². The van der Waals surface area contributed by atoms with E-state index in [1.165, 1.54) is 12.1 Å². The molecule has 4 heteroatoms. The van der Waals surface area contributed by atoms with Gasteiger partial charge < -0.3 is 0 Å². The largest absolute Gasteiger partial charge is 0.271 e. The van der Waals surface area contributed by atoms with Gasteiger partial charge in [-0.1, -0.05) is 0 Å². The normalized spacial score (nSPS) is 10.4. The molecule has 2 rings (SSSR count). The van der Waals surface area contributed by atoms with Crippen LogP contribution in [0.1, 0.15) is 5.56 Å². The Balaban J connectivity index is 2.67. The molecule has 1 aromatic carbocycles. The fraction of sp³-hybridized carbons (Fsp3) is 0.100. The summed E-state index contributed by atoms with van der Waals surface area (Å²) in [4.78, 5) is 14.2. The molecule has 0 atom stereocenters. The molecule has 0 saturated carbocycles. The van der Waals surface area contributed by atoms with Crippen molar-refractivity contribution in [2.75, 3.05) is 0 Å². The molecule has 14 heavy (non-hydrogen) atoms. The summed E-state index contributed by atoms with van der Waals surface area (Å²) in [7, 11) is 0. The van der Waals surface area contributed by atoms with E-state index >= 15 is 0 Å². The second-order valence-electron chi connectivity index (χ2n) is 3.15. The van der Waals surface area contributed by atoms with Crippen LogP contribution in [0.2, 0.25) is 0 Å². The van der Waals surface area contributed by atoms with Crippen LogP contribution >= 0.6 is 0 Å². The number of aromatic nitrogens is 1. The third kappa shape index (κ3) is 1.42. The Morgan fingerprint density at radius 1 is 1.36 bits per heavy atom. The average Bonchev–Trinajstić information content (AvgIpc) is 2.16. The number of pyridine rings is 1. The summed E-state index contributed by atoms with van der Waals surface area (Å²) in [6.07, 6.45) is 1.70. The molecule has 0 bridgehead atoms. The molecule has 0 spiro atoms. The standard InChI is InChI=1S/C10H8N2O2/c1-7-4-8-2-3-9(12(13)14)5-10(8)11-6-7/h2-6H,1H3. The van der Waals surface area contributed by atoms with E-state index in [-0.39, 0.29) is 5.69 Å². The lowest BCUT2D eigenvalue weighted by Gasteiger charge is -1.97. The summed E-state index contributed by atoms with van der Waals surface area (Å²) in [5.74, 6) is 0. The first kappa shape index (κ1) is 8.62. The van der Waals surface area contributed by atoms with Gasteiger partial charge in [0.05, 0.1) is 10.4 Å². The number of nitrogens with zero attached hydrogens (tertiary/aromatic N) is 2. The van der Waals surface area contributed by atoms with Crippen molar-refractivity contribution in [2.45, 2.75) is 6.92 Å². The molecular weight excluding hydrogens is 180 g/mol. The smallest absolute Gasteiger partial charge is 0.258 e. The number of benzene rings is 1. The minimum atomic E-state index is -0.416. The SMILES string of the molecule is Cc1cnc2cc([N+](=O)[O-])ccc2c1. The second-order valence-corrected chi connectivity index (χ2v) is 3.15. The Morgan fingerprint density at radius 2 is 2.14 bits per heavy atom. The van der Waals surface area contributed by atoms with Crippen molar-refractivity contribution in [3.63, 3.8) is 0 Å². The van der Waals surface area contributed by atoms with E-state index in [0.717, 1.165) is 10.9 Å². The number of nitro groups is 1. The first-order valence-electron chi connectivity index (χ1n) is 4.17. The van der Waals surface area contributed by atoms with Gasteiger partial charge in [0.25, 0.3) is 5.69 Å². The maximum absolute atomic E-state index is 10.5. The van der Waals surface area contributed by atoms with Gasteiger partial charge in [0.1, 0.15) is 0 Å². The van der Waals surface area contributed by atoms with Crippen molar-refractivity contribution < 1.29 is 4.92 Å².